The number of ether oxygens (including phenoxy) is 1. The van der Waals surface area contributed by atoms with Gasteiger partial charge < -0.3 is 20.7 Å². The zero-order chi connectivity index (χ0) is 17.2. The quantitative estimate of drug-likeness (QED) is 0.752. The fraction of sp³-hybridized carbons (Fsp3) is 0.562. The number of carbonyl (C=O) groups excluding carboxylic acids is 1. The molecule has 23 heavy (non-hydrogen) atoms. The van der Waals surface area contributed by atoms with Crippen molar-refractivity contribution in [2.75, 3.05) is 24.1 Å². The molecule has 1 aliphatic heterocycles. The van der Waals surface area contributed by atoms with Gasteiger partial charge in [-0.05, 0) is 55.6 Å². The summed E-state index contributed by atoms with van der Waals surface area (Å²) in [7, 11) is 0. The molecule has 1 atom stereocenters. The van der Waals surface area contributed by atoms with Crippen molar-refractivity contribution in [3.63, 3.8) is 0 Å². The largest absolute Gasteiger partial charge is 0.444 e. The molecular weight excluding hydrogens is 365 g/mol. The minimum Gasteiger partial charge on any atom is -0.444 e. The predicted octanol–water partition coefficient (Wildman–Crippen LogP) is 3.98. The van der Waals surface area contributed by atoms with Crippen LogP contribution >= 0.6 is 15.9 Å². The molecule has 0 saturated carbocycles. The topological polar surface area (TPSA) is 67.6 Å². The van der Waals surface area contributed by atoms with Crippen LogP contribution in [-0.2, 0) is 4.74 Å². The van der Waals surface area contributed by atoms with Gasteiger partial charge in [0.05, 0.1) is 15.8 Å². The Kier molecular flexibility index (Phi) is 5.39. The second kappa shape index (κ2) is 6.95. The molecule has 0 aromatic heterocycles. The molecule has 0 unspecified atom stereocenters. The first kappa shape index (κ1) is 17.8. The van der Waals surface area contributed by atoms with Gasteiger partial charge in [-0.15, -0.1) is 0 Å². The van der Waals surface area contributed by atoms with Gasteiger partial charge >= 0.3 is 6.09 Å². The Morgan fingerprint density at radius 1 is 1.48 bits per heavy atom. The maximum absolute atomic E-state index is 13.4. The number of hydrogen-bond donors (Lipinski definition) is 2. The summed E-state index contributed by atoms with van der Waals surface area (Å²) in [5, 5.41) is 3.29. The normalized spacial score (nSPS) is 18.7. The predicted molar refractivity (Wildman–Crippen MR) is 93.0 cm³/mol. The average Bonchev–Trinajstić information content (AvgIpc) is 2.43. The van der Waals surface area contributed by atoms with Gasteiger partial charge in [0.15, 0.2) is 0 Å². The molecule has 1 fully saturated rings. The molecule has 0 radical (unpaired) electrons. The zero-order valence-corrected chi connectivity index (χ0v) is 15.2. The Morgan fingerprint density at radius 3 is 2.83 bits per heavy atom. The number of nitrogens with one attached hydrogen (secondary N) is 1. The molecule has 0 bridgehead atoms. The van der Waals surface area contributed by atoms with E-state index >= 15 is 0 Å². The highest BCUT2D eigenvalue weighted by Crippen LogP contribution is 2.28. The summed E-state index contributed by atoms with van der Waals surface area (Å²) in [5.74, 6) is -0.396. The van der Waals surface area contributed by atoms with Gasteiger partial charge in [-0.2, -0.15) is 0 Å². The van der Waals surface area contributed by atoms with Crippen LogP contribution in [0.15, 0.2) is 16.6 Å². The van der Waals surface area contributed by atoms with Crippen LogP contribution in [-0.4, -0.2) is 35.7 Å². The van der Waals surface area contributed by atoms with Crippen LogP contribution in [0.2, 0.25) is 0 Å². The SMILES string of the molecule is CC(C)(C)OC(=O)N1CCC[C@H](Nc2cc(Br)c(F)cc2N)C1. The van der Waals surface area contributed by atoms with Crippen LogP contribution in [0, 0.1) is 5.82 Å². The van der Waals surface area contributed by atoms with E-state index in [1.807, 2.05) is 20.8 Å². The first-order valence-electron chi connectivity index (χ1n) is 7.64. The van der Waals surface area contributed by atoms with Crippen molar-refractivity contribution >= 4 is 33.4 Å². The molecule has 3 N–H and O–H groups in total. The summed E-state index contributed by atoms with van der Waals surface area (Å²) in [6, 6.07) is 2.95. The number of rotatable bonds is 2. The average molecular weight is 388 g/mol. The third kappa shape index (κ3) is 4.99. The minimum absolute atomic E-state index is 0.0518. The van der Waals surface area contributed by atoms with E-state index in [4.69, 9.17) is 10.5 Å². The number of piperidine rings is 1. The molecule has 1 heterocycles. The summed E-state index contributed by atoms with van der Waals surface area (Å²) in [4.78, 5) is 13.9. The van der Waals surface area contributed by atoms with E-state index < -0.39 is 11.4 Å². The summed E-state index contributed by atoms with van der Waals surface area (Å²) < 4.78 is 19.2. The van der Waals surface area contributed by atoms with Crippen molar-refractivity contribution in [3.8, 4) is 0 Å². The molecule has 1 amide bonds. The first-order chi connectivity index (χ1) is 10.7. The van der Waals surface area contributed by atoms with Crippen molar-refractivity contribution in [3.05, 3.63) is 22.4 Å². The van der Waals surface area contributed by atoms with Crippen molar-refractivity contribution in [1.82, 2.24) is 4.90 Å². The van der Waals surface area contributed by atoms with E-state index in [0.29, 0.717) is 28.9 Å². The summed E-state index contributed by atoms with van der Waals surface area (Å²) in [5.41, 5.74) is 6.36. The van der Waals surface area contributed by atoms with Crippen LogP contribution in [0.25, 0.3) is 0 Å². The monoisotopic (exact) mass is 387 g/mol. The van der Waals surface area contributed by atoms with Gasteiger partial charge in [0.1, 0.15) is 11.4 Å². The molecule has 5 nitrogen and oxygen atoms in total. The second-order valence-corrected chi connectivity index (χ2v) is 7.62. The number of benzene rings is 1. The lowest BCUT2D eigenvalue weighted by molar-refractivity contribution is 0.0206. The number of likely N-dealkylation sites (tertiary alicyclic amines) is 1. The number of hydrogen-bond acceptors (Lipinski definition) is 4. The van der Waals surface area contributed by atoms with Gasteiger partial charge in [-0.25, -0.2) is 9.18 Å². The van der Waals surface area contributed by atoms with Crippen LogP contribution in [0.1, 0.15) is 33.6 Å². The molecule has 1 saturated heterocycles. The maximum Gasteiger partial charge on any atom is 0.410 e. The third-order valence-corrected chi connectivity index (χ3v) is 4.13. The molecule has 1 aromatic carbocycles. The number of amides is 1. The Bertz CT molecular complexity index is 589. The lowest BCUT2D eigenvalue weighted by Gasteiger charge is -2.35. The van der Waals surface area contributed by atoms with Gasteiger partial charge in [0, 0.05) is 25.2 Å². The van der Waals surface area contributed by atoms with Gasteiger partial charge in [0.2, 0.25) is 0 Å². The molecule has 0 aliphatic carbocycles. The number of nitrogens with zero attached hydrogens (tertiary/aromatic N) is 1. The first-order valence-corrected chi connectivity index (χ1v) is 8.44. The van der Waals surface area contributed by atoms with Crippen LogP contribution in [0.3, 0.4) is 0 Å². The Labute approximate surface area is 144 Å². The smallest absolute Gasteiger partial charge is 0.410 e. The number of carbonyl (C=O) groups is 1. The standard InChI is InChI=1S/C16H23BrFN3O2/c1-16(2,3)23-15(22)21-6-4-5-10(9-21)20-14-7-11(17)12(18)8-13(14)19/h7-8,10,20H,4-6,9,19H2,1-3H3/t10-/m0/s1. The molecular formula is C16H23BrFN3O2. The van der Waals surface area contributed by atoms with Crippen molar-refractivity contribution in [2.24, 2.45) is 0 Å². The van der Waals surface area contributed by atoms with E-state index in [1.165, 1.54) is 6.07 Å². The summed E-state index contributed by atoms with van der Waals surface area (Å²) in [6.07, 6.45) is 1.48. The van der Waals surface area contributed by atoms with Crippen molar-refractivity contribution < 1.29 is 13.9 Å². The Morgan fingerprint density at radius 2 is 2.17 bits per heavy atom. The molecule has 128 valence electrons. The van der Waals surface area contributed by atoms with E-state index in [9.17, 15) is 9.18 Å². The van der Waals surface area contributed by atoms with Crippen molar-refractivity contribution in [1.29, 1.82) is 0 Å². The Balaban J connectivity index is 2.02. The van der Waals surface area contributed by atoms with Crippen LogP contribution in [0.4, 0.5) is 20.6 Å². The Hall–Kier alpha value is -1.50. The molecule has 7 heteroatoms. The molecule has 1 aromatic rings. The number of anilines is 2. The van der Waals surface area contributed by atoms with Crippen LogP contribution in [0.5, 0.6) is 0 Å². The highest BCUT2D eigenvalue weighted by molar-refractivity contribution is 9.10. The van der Waals surface area contributed by atoms with Crippen molar-refractivity contribution in [2.45, 2.75) is 45.3 Å². The maximum atomic E-state index is 13.4. The zero-order valence-electron chi connectivity index (χ0n) is 13.7. The number of nitrogens with two attached hydrogens (primary N) is 1. The number of halogens is 2. The van der Waals surface area contributed by atoms with Gasteiger partial charge in [-0.1, -0.05) is 0 Å². The fourth-order valence-corrected chi connectivity index (χ4v) is 2.84. The molecule has 1 aliphatic rings. The molecule has 2 rings (SSSR count). The highest BCUT2D eigenvalue weighted by atomic mass is 79.9. The van der Waals surface area contributed by atoms with E-state index in [1.54, 1.807) is 11.0 Å². The van der Waals surface area contributed by atoms with Gasteiger partial charge in [-0.3, -0.25) is 0 Å². The second-order valence-electron chi connectivity index (χ2n) is 6.76. The minimum atomic E-state index is -0.510. The van der Waals surface area contributed by atoms with E-state index in [-0.39, 0.29) is 12.1 Å². The lowest BCUT2D eigenvalue weighted by Crippen LogP contribution is -2.47. The fourth-order valence-electron chi connectivity index (χ4n) is 2.49. The highest BCUT2D eigenvalue weighted by Gasteiger charge is 2.27. The van der Waals surface area contributed by atoms with E-state index in [0.717, 1.165) is 12.8 Å². The summed E-state index contributed by atoms with van der Waals surface area (Å²) in [6.45, 7) is 6.75. The molecule has 0 spiro atoms. The van der Waals surface area contributed by atoms with E-state index in [2.05, 4.69) is 21.2 Å². The number of nitrogen functional groups attached to an aromatic ring is 1. The van der Waals surface area contributed by atoms with Crippen LogP contribution < -0.4 is 11.1 Å². The van der Waals surface area contributed by atoms with Gasteiger partial charge in [0.25, 0.3) is 0 Å². The summed E-state index contributed by atoms with van der Waals surface area (Å²) >= 11 is 3.16. The lowest BCUT2D eigenvalue weighted by atomic mass is 10.1. The third-order valence-electron chi connectivity index (χ3n) is 3.53.